The van der Waals surface area contributed by atoms with Crippen LogP contribution in [0.15, 0.2) is 48.5 Å². The minimum absolute atomic E-state index is 0.0453. The molecule has 5 nitrogen and oxygen atoms in total. The number of carbonyl (C=O) groups is 1. The van der Waals surface area contributed by atoms with Gasteiger partial charge in [-0.2, -0.15) is 0 Å². The summed E-state index contributed by atoms with van der Waals surface area (Å²) >= 11 is 0. The topological polar surface area (TPSA) is 78.8 Å². The lowest BCUT2D eigenvalue weighted by molar-refractivity contribution is -0.137. The summed E-state index contributed by atoms with van der Waals surface area (Å²) in [6, 6.07) is 17.1. The first kappa shape index (κ1) is 28.4. The Balaban J connectivity index is 1.37. The summed E-state index contributed by atoms with van der Waals surface area (Å²) in [5, 5.41) is 22.9. The summed E-state index contributed by atoms with van der Waals surface area (Å²) in [5.74, 6) is -0.0703. The first-order valence-electron chi connectivity index (χ1n) is 13.6. The summed E-state index contributed by atoms with van der Waals surface area (Å²) < 4.78 is 6.09. The summed E-state index contributed by atoms with van der Waals surface area (Å²) in [5.41, 5.74) is 5.37. The SMILES string of the molecule is C[C@@H](OC[C@H](O)CNC(C)(C)CC1Cc2ccccc2C1)c1ccccc1CCCCCCC(=O)O. The van der Waals surface area contributed by atoms with E-state index in [0.717, 1.165) is 51.4 Å². The largest absolute Gasteiger partial charge is 0.481 e. The number of aliphatic carboxylic acids is 1. The van der Waals surface area contributed by atoms with Crippen LogP contribution in [0.2, 0.25) is 0 Å². The van der Waals surface area contributed by atoms with Gasteiger partial charge in [-0.1, -0.05) is 61.4 Å². The summed E-state index contributed by atoms with van der Waals surface area (Å²) in [7, 11) is 0. The van der Waals surface area contributed by atoms with E-state index in [0.29, 0.717) is 19.1 Å². The Morgan fingerprint density at radius 3 is 2.36 bits per heavy atom. The molecule has 1 aliphatic rings. The van der Waals surface area contributed by atoms with Crippen LogP contribution in [0.3, 0.4) is 0 Å². The number of aliphatic hydroxyl groups is 1. The highest BCUT2D eigenvalue weighted by atomic mass is 16.5. The van der Waals surface area contributed by atoms with Gasteiger partial charge in [0.05, 0.1) is 18.8 Å². The van der Waals surface area contributed by atoms with E-state index in [9.17, 15) is 9.90 Å². The van der Waals surface area contributed by atoms with Crippen molar-refractivity contribution in [3.8, 4) is 0 Å². The van der Waals surface area contributed by atoms with Crippen LogP contribution in [0.5, 0.6) is 0 Å². The Bertz CT molecular complexity index is 932. The molecule has 3 rings (SSSR count). The van der Waals surface area contributed by atoms with Gasteiger partial charge in [-0.25, -0.2) is 0 Å². The standard InChI is InChI=1S/C31H45NO4/c1-23(29-16-11-10-13-25(29)12-6-4-5-7-17-30(34)35)36-22-28(33)21-32-31(2,3)20-24-18-26-14-8-9-15-27(26)19-24/h8-11,13-16,23-24,28,32-33H,4-7,12,17-22H2,1-3H3,(H,34,35)/t23-,28-/m1/s1. The zero-order valence-corrected chi connectivity index (χ0v) is 22.3. The van der Waals surface area contributed by atoms with Crippen molar-refractivity contribution in [2.75, 3.05) is 13.2 Å². The molecule has 36 heavy (non-hydrogen) atoms. The predicted molar refractivity (Wildman–Crippen MR) is 145 cm³/mol. The van der Waals surface area contributed by atoms with Crippen LogP contribution >= 0.6 is 0 Å². The Labute approximate surface area is 217 Å². The number of fused-ring (bicyclic) bond motifs is 1. The van der Waals surface area contributed by atoms with Crippen molar-refractivity contribution in [2.45, 2.75) is 96.3 Å². The molecule has 2 atom stereocenters. The highest BCUT2D eigenvalue weighted by Gasteiger charge is 2.28. The van der Waals surface area contributed by atoms with Gasteiger partial charge in [0.25, 0.3) is 0 Å². The van der Waals surface area contributed by atoms with Crippen LogP contribution in [0.25, 0.3) is 0 Å². The van der Waals surface area contributed by atoms with Gasteiger partial charge in [-0.05, 0) is 87.5 Å². The first-order chi connectivity index (χ1) is 17.2. The molecule has 0 amide bonds. The fourth-order valence-corrected chi connectivity index (χ4v) is 5.49. The highest BCUT2D eigenvalue weighted by Crippen LogP contribution is 2.32. The number of aliphatic hydroxyl groups excluding tert-OH is 1. The normalized spacial score (nSPS) is 15.6. The Kier molecular flexibility index (Phi) is 11.0. The van der Waals surface area contributed by atoms with Gasteiger partial charge in [-0.3, -0.25) is 4.79 Å². The van der Waals surface area contributed by atoms with Gasteiger partial charge >= 0.3 is 5.97 Å². The average Bonchev–Trinajstić information content (AvgIpc) is 3.25. The molecule has 0 saturated heterocycles. The quantitative estimate of drug-likeness (QED) is 0.254. The zero-order valence-electron chi connectivity index (χ0n) is 22.3. The maximum Gasteiger partial charge on any atom is 0.303 e. The van der Waals surface area contributed by atoms with E-state index in [4.69, 9.17) is 9.84 Å². The van der Waals surface area contributed by atoms with Crippen molar-refractivity contribution in [1.82, 2.24) is 5.32 Å². The number of rotatable bonds is 16. The number of carboxylic acids is 1. The van der Waals surface area contributed by atoms with Gasteiger partial charge in [0, 0.05) is 18.5 Å². The molecule has 0 heterocycles. The molecule has 0 radical (unpaired) electrons. The fourth-order valence-electron chi connectivity index (χ4n) is 5.49. The number of aryl methyl sites for hydroxylation is 1. The Morgan fingerprint density at radius 1 is 1.03 bits per heavy atom. The smallest absolute Gasteiger partial charge is 0.303 e. The molecule has 5 heteroatoms. The molecule has 0 aliphatic heterocycles. The second-order valence-corrected chi connectivity index (χ2v) is 11.1. The zero-order chi connectivity index (χ0) is 26.0. The summed E-state index contributed by atoms with van der Waals surface area (Å²) in [4.78, 5) is 10.6. The molecule has 2 aromatic rings. The monoisotopic (exact) mass is 495 g/mol. The molecule has 198 valence electrons. The molecule has 0 spiro atoms. The number of hydrogen-bond donors (Lipinski definition) is 3. The molecule has 1 aliphatic carbocycles. The van der Waals surface area contributed by atoms with Crippen LogP contribution in [0.1, 0.15) is 87.7 Å². The van der Waals surface area contributed by atoms with Crippen LogP contribution in [-0.4, -0.2) is 41.0 Å². The number of ether oxygens (including phenoxy) is 1. The van der Waals surface area contributed by atoms with Crippen LogP contribution in [0.4, 0.5) is 0 Å². The van der Waals surface area contributed by atoms with Gasteiger partial charge in [0.2, 0.25) is 0 Å². The van der Waals surface area contributed by atoms with E-state index in [1.807, 2.05) is 13.0 Å². The van der Waals surface area contributed by atoms with Gasteiger partial charge in [-0.15, -0.1) is 0 Å². The minimum atomic E-state index is -0.716. The first-order valence-corrected chi connectivity index (χ1v) is 13.6. The summed E-state index contributed by atoms with van der Waals surface area (Å²) in [6.07, 6.45) is 7.69. The molecular weight excluding hydrogens is 450 g/mol. The molecule has 3 N–H and O–H groups in total. The van der Waals surface area contributed by atoms with Gasteiger partial charge in [0.15, 0.2) is 0 Å². The third-order valence-corrected chi connectivity index (χ3v) is 7.37. The Hall–Kier alpha value is -2.21. The second kappa shape index (κ2) is 13.9. The second-order valence-electron chi connectivity index (χ2n) is 11.1. The van der Waals surface area contributed by atoms with Crippen LogP contribution in [0, 0.1) is 5.92 Å². The third kappa shape index (κ3) is 9.34. The predicted octanol–water partition coefficient (Wildman–Crippen LogP) is 5.88. The Morgan fingerprint density at radius 2 is 1.67 bits per heavy atom. The van der Waals surface area contributed by atoms with E-state index in [2.05, 4.69) is 61.6 Å². The van der Waals surface area contributed by atoms with Gasteiger partial charge in [0.1, 0.15) is 0 Å². The number of hydrogen-bond acceptors (Lipinski definition) is 4. The minimum Gasteiger partial charge on any atom is -0.481 e. The lowest BCUT2D eigenvalue weighted by Crippen LogP contribution is -2.45. The van der Waals surface area contributed by atoms with Crippen molar-refractivity contribution in [3.63, 3.8) is 0 Å². The lowest BCUT2D eigenvalue weighted by Gasteiger charge is -2.31. The van der Waals surface area contributed by atoms with E-state index < -0.39 is 12.1 Å². The van der Waals surface area contributed by atoms with E-state index in [-0.39, 0.29) is 18.1 Å². The van der Waals surface area contributed by atoms with Crippen LogP contribution < -0.4 is 5.32 Å². The van der Waals surface area contributed by atoms with Crippen molar-refractivity contribution in [1.29, 1.82) is 0 Å². The lowest BCUT2D eigenvalue weighted by atomic mass is 9.88. The highest BCUT2D eigenvalue weighted by molar-refractivity contribution is 5.66. The maximum absolute atomic E-state index is 10.6. The maximum atomic E-state index is 10.6. The third-order valence-electron chi connectivity index (χ3n) is 7.37. The molecule has 0 aromatic heterocycles. The number of β-amino-alcohol motifs (C(OH)–C–C–N with tert-alkyl or cyclic N) is 1. The van der Waals surface area contributed by atoms with Crippen LogP contribution in [-0.2, 0) is 28.8 Å². The molecule has 2 aromatic carbocycles. The number of benzene rings is 2. The van der Waals surface area contributed by atoms with E-state index in [1.54, 1.807) is 0 Å². The van der Waals surface area contributed by atoms with Gasteiger partial charge < -0.3 is 20.3 Å². The molecule has 0 unspecified atom stereocenters. The van der Waals surface area contributed by atoms with Crippen molar-refractivity contribution >= 4 is 5.97 Å². The number of carboxylic acid groups (broad SMARTS) is 1. The summed E-state index contributed by atoms with van der Waals surface area (Å²) in [6.45, 7) is 7.31. The van der Waals surface area contributed by atoms with Crippen molar-refractivity contribution in [3.05, 3.63) is 70.8 Å². The number of nitrogens with one attached hydrogen (secondary N) is 1. The fraction of sp³-hybridized carbons (Fsp3) is 0.581. The molecule has 0 saturated carbocycles. The van der Waals surface area contributed by atoms with Crippen molar-refractivity contribution < 1.29 is 19.7 Å². The molecule has 0 bridgehead atoms. The van der Waals surface area contributed by atoms with E-state index >= 15 is 0 Å². The van der Waals surface area contributed by atoms with Crippen molar-refractivity contribution in [2.24, 2.45) is 5.92 Å². The molecular formula is C31H45NO4. The van der Waals surface area contributed by atoms with E-state index in [1.165, 1.54) is 22.3 Å². The number of unbranched alkanes of at least 4 members (excludes halogenated alkanes) is 3. The average molecular weight is 496 g/mol. The molecule has 0 fully saturated rings.